The Morgan fingerprint density at radius 3 is 3.00 bits per heavy atom. The van der Waals surface area contributed by atoms with Crippen molar-refractivity contribution < 1.29 is 0 Å². The summed E-state index contributed by atoms with van der Waals surface area (Å²) >= 11 is 0. The van der Waals surface area contributed by atoms with E-state index in [1.165, 1.54) is 18.9 Å². The van der Waals surface area contributed by atoms with Crippen molar-refractivity contribution >= 4 is 5.82 Å². The minimum atomic E-state index is -0.0920. The number of aryl methyl sites for hydroxylation is 1. The second kappa shape index (κ2) is 2.62. The molecule has 1 fully saturated rings. The summed E-state index contributed by atoms with van der Waals surface area (Å²) in [7, 11) is 0. The Labute approximate surface area is 70.0 Å². The van der Waals surface area contributed by atoms with Crippen LogP contribution in [0.3, 0.4) is 0 Å². The Morgan fingerprint density at radius 1 is 1.67 bits per heavy atom. The third kappa shape index (κ3) is 1.64. The van der Waals surface area contributed by atoms with Crippen LogP contribution in [0.1, 0.15) is 18.7 Å². The van der Waals surface area contributed by atoms with Crippen LogP contribution in [-0.4, -0.2) is 16.0 Å². The van der Waals surface area contributed by atoms with Gasteiger partial charge in [0.05, 0.1) is 0 Å². The molecule has 2 N–H and O–H groups in total. The predicted octanol–water partition coefficient (Wildman–Crippen LogP) is 0.653. The molecule has 1 aromatic heterocycles. The Kier molecular flexibility index (Phi) is 1.60. The molecule has 1 saturated carbocycles. The lowest BCUT2D eigenvalue weighted by molar-refractivity contribution is 0.996. The van der Waals surface area contributed by atoms with Gasteiger partial charge in [0, 0.05) is 12.1 Å². The first kappa shape index (κ1) is 7.34. The molecule has 0 bridgehead atoms. The molecule has 0 saturated heterocycles. The summed E-state index contributed by atoms with van der Waals surface area (Å²) in [6.07, 6.45) is 2.38. The molecule has 0 unspecified atom stereocenters. The lowest BCUT2D eigenvalue weighted by Gasteiger charge is -2.02. The molecule has 64 valence electrons. The van der Waals surface area contributed by atoms with Crippen molar-refractivity contribution in [3.63, 3.8) is 0 Å². The van der Waals surface area contributed by atoms with E-state index < -0.39 is 0 Å². The first-order valence-corrected chi connectivity index (χ1v) is 4.08. The Hall–Kier alpha value is -1.32. The van der Waals surface area contributed by atoms with Crippen LogP contribution in [-0.2, 0) is 0 Å². The van der Waals surface area contributed by atoms with Crippen LogP contribution in [0, 0.1) is 6.92 Å². The molecule has 0 spiro atoms. The topological polar surface area (TPSA) is 57.8 Å². The fourth-order valence-corrected chi connectivity index (χ4v) is 1.09. The van der Waals surface area contributed by atoms with E-state index in [1.54, 1.807) is 6.92 Å². The molecule has 4 heteroatoms. The average molecular weight is 165 g/mol. The molecule has 1 aromatic rings. The van der Waals surface area contributed by atoms with E-state index >= 15 is 0 Å². The second-order valence-corrected chi connectivity index (χ2v) is 3.13. The highest BCUT2D eigenvalue weighted by Gasteiger charge is 2.21. The number of nitrogens with one attached hydrogen (secondary N) is 2. The number of aromatic nitrogens is 2. The molecule has 0 aromatic carbocycles. The number of hydrogen-bond acceptors (Lipinski definition) is 3. The van der Waals surface area contributed by atoms with Crippen LogP contribution in [0.25, 0.3) is 0 Å². The summed E-state index contributed by atoms with van der Waals surface area (Å²) in [5.74, 6) is 1.35. The zero-order valence-electron chi connectivity index (χ0n) is 6.92. The van der Waals surface area contributed by atoms with E-state index in [0.29, 0.717) is 17.7 Å². The Morgan fingerprint density at radius 2 is 2.42 bits per heavy atom. The van der Waals surface area contributed by atoms with Crippen molar-refractivity contribution in [2.24, 2.45) is 0 Å². The highest BCUT2D eigenvalue weighted by molar-refractivity contribution is 5.35. The molecule has 2 rings (SSSR count). The monoisotopic (exact) mass is 165 g/mol. The van der Waals surface area contributed by atoms with Crippen LogP contribution in [0.4, 0.5) is 5.82 Å². The van der Waals surface area contributed by atoms with Gasteiger partial charge in [-0.2, -0.15) is 0 Å². The highest BCUT2D eigenvalue weighted by atomic mass is 16.1. The largest absolute Gasteiger partial charge is 0.367 e. The van der Waals surface area contributed by atoms with Crippen LogP contribution in [0.15, 0.2) is 10.9 Å². The number of nitrogens with zero attached hydrogens (tertiary/aromatic N) is 1. The lowest BCUT2D eigenvalue weighted by Crippen LogP contribution is -2.12. The van der Waals surface area contributed by atoms with Crippen LogP contribution >= 0.6 is 0 Å². The maximum atomic E-state index is 11.0. The third-order valence-electron chi connectivity index (χ3n) is 1.79. The first-order chi connectivity index (χ1) is 5.74. The van der Waals surface area contributed by atoms with Gasteiger partial charge in [-0.15, -0.1) is 0 Å². The van der Waals surface area contributed by atoms with Gasteiger partial charge in [0.25, 0.3) is 5.56 Å². The molecule has 1 heterocycles. The second-order valence-electron chi connectivity index (χ2n) is 3.13. The van der Waals surface area contributed by atoms with Gasteiger partial charge in [-0.3, -0.25) is 4.79 Å². The van der Waals surface area contributed by atoms with E-state index in [9.17, 15) is 4.79 Å². The smallest absolute Gasteiger partial charge is 0.252 e. The van der Waals surface area contributed by atoms with Gasteiger partial charge < -0.3 is 10.3 Å². The molecule has 0 aliphatic heterocycles. The maximum absolute atomic E-state index is 11.0. The summed E-state index contributed by atoms with van der Waals surface area (Å²) in [6, 6.07) is 2.03. The molecule has 12 heavy (non-hydrogen) atoms. The van der Waals surface area contributed by atoms with Crippen LogP contribution < -0.4 is 10.9 Å². The highest BCUT2D eigenvalue weighted by Crippen LogP contribution is 2.22. The van der Waals surface area contributed by atoms with Crippen molar-refractivity contribution in [1.82, 2.24) is 9.97 Å². The molecule has 1 aliphatic carbocycles. The zero-order chi connectivity index (χ0) is 8.55. The predicted molar refractivity (Wildman–Crippen MR) is 46.2 cm³/mol. The molecular weight excluding hydrogens is 154 g/mol. The van der Waals surface area contributed by atoms with Gasteiger partial charge in [-0.05, 0) is 19.8 Å². The summed E-state index contributed by atoms with van der Waals surface area (Å²) in [5.41, 5.74) is -0.0920. The quantitative estimate of drug-likeness (QED) is 0.676. The van der Waals surface area contributed by atoms with Gasteiger partial charge in [0.15, 0.2) is 0 Å². The van der Waals surface area contributed by atoms with E-state index in [2.05, 4.69) is 15.3 Å². The van der Waals surface area contributed by atoms with Crippen molar-refractivity contribution in [2.45, 2.75) is 25.8 Å². The third-order valence-corrected chi connectivity index (χ3v) is 1.79. The summed E-state index contributed by atoms with van der Waals surface area (Å²) in [4.78, 5) is 17.7. The van der Waals surface area contributed by atoms with Gasteiger partial charge >= 0.3 is 0 Å². The Balaban J connectivity index is 2.23. The minimum Gasteiger partial charge on any atom is -0.367 e. The van der Waals surface area contributed by atoms with Crippen molar-refractivity contribution in [1.29, 1.82) is 0 Å². The van der Waals surface area contributed by atoms with Gasteiger partial charge in [0.1, 0.15) is 11.6 Å². The number of rotatable bonds is 2. The van der Waals surface area contributed by atoms with E-state index in [1.807, 2.05) is 0 Å². The lowest BCUT2D eigenvalue weighted by atomic mass is 10.5. The molecule has 0 atom stereocenters. The number of H-pyrrole nitrogens is 1. The minimum absolute atomic E-state index is 0.0920. The number of hydrogen-bond donors (Lipinski definition) is 2. The van der Waals surface area contributed by atoms with Crippen molar-refractivity contribution in [3.8, 4) is 0 Å². The van der Waals surface area contributed by atoms with Gasteiger partial charge in [-0.25, -0.2) is 4.98 Å². The summed E-state index contributed by atoms with van der Waals surface area (Å²) in [5, 5.41) is 3.17. The molecule has 1 aliphatic rings. The average Bonchev–Trinajstić information content (AvgIpc) is 2.68. The summed E-state index contributed by atoms with van der Waals surface area (Å²) < 4.78 is 0. The number of anilines is 1. The SMILES string of the molecule is Cc1nc(NC2CC2)cc(=O)[nH]1. The van der Waals surface area contributed by atoms with E-state index in [4.69, 9.17) is 0 Å². The Bertz CT molecular complexity index is 340. The molecule has 0 amide bonds. The molecule has 4 nitrogen and oxygen atoms in total. The zero-order valence-corrected chi connectivity index (χ0v) is 6.92. The fourth-order valence-electron chi connectivity index (χ4n) is 1.09. The van der Waals surface area contributed by atoms with Gasteiger partial charge in [0.2, 0.25) is 0 Å². The molecular formula is C8H11N3O. The normalized spacial score (nSPS) is 16.1. The van der Waals surface area contributed by atoms with E-state index in [-0.39, 0.29) is 5.56 Å². The first-order valence-electron chi connectivity index (χ1n) is 4.08. The number of aromatic amines is 1. The maximum Gasteiger partial charge on any atom is 0.252 e. The van der Waals surface area contributed by atoms with Crippen molar-refractivity contribution in [2.75, 3.05) is 5.32 Å². The molecule has 0 radical (unpaired) electrons. The van der Waals surface area contributed by atoms with Crippen LogP contribution in [0.5, 0.6) is 0 Å². The fraction of sp³-hybridized carbons (Fsp3) is 0.500. The standard InChI is InChI=1S/C8H11N3O/c1-5-9-7(4-8(12)10-5)11-6-2-3-6/h4,6H,2-3H2,1H3,(H2,9,10,11,12). The van der Waals surface area contributed by atoms with Gasteiger partial charge in [-0.1, -0.05) is 0 Å². The van der Waals surface area contributed by atoms with Crippen molar-refractivity contribution in [3.05, 3.63) is 22.2 Å². The van der Waals surface area contributed by atoms with E-state index in [0.717, 1.165) is 0 Å². The van der Waals surface area contributed by atoms with Crippen LogP contribution in [0.2, 0.25) is 0 Å². The summed E-state index contributed by atoms with van der Waals surface area (Å²) in [6.45, 7) is 1.78.